The van der Waals surface area contributed by atoms with Crippen LogP contribution >= 0.6 is 15.9 Å². The summed E-state index contributed by atoms with van der Waals surface area (Å²) >= 11 is 3.29. The van der Waals surface area contributed by atoms with Crippen LogP contribution in [-0.4, -0.2) is 15.5 Å². The number of hydrogen-bond acceptors (Lipinski definition) is 2. The molecular weight excluding hydrogens is 306 g/mol. The highest BCUT2D eigenvalue weighted by Crippen LogP contribution is 2.32. The van der Waals surface area contributed by atoms with E-state index in [1.807, 2.05) is 30.5 Å². The molecule has 0 bridgehead atoms. The van der Waals surface area contributed by atoms with Crippen LogP contribution < -0.4 is 5.32 Å². The van der Waals surface area contributed by atoms with Gasteiger partial charge in [-0.05, 0) is 59.5 Å². The van der Waals surface area contributed by atoms with Gasteiger partial charge in [0.2, 0.25) is 0 Å². The predicted molar refractivity (Wildman–Crippen MR) is 77.2 cm³/mol. The predicted octanol–water partition coefficient (Wildman–Crippen LogP) is 3.62. The molecule has 0 saturated heterocycles. The normalized spacial score (nSPS) is 15.0. The van der Waals surface area contributed by atoms with Crippen molar-refractivity contribution in [3.8, 4) is 0 Å². The molecule has 1 N–H and O–H groups in total. The summed E-state index contributed by atoms with van der Waals surface area (Å²) in [4.78, 5) is 16.5. The molecule has 4 nitrogen and oxygen atoms in total. The van der Waals surface area contributed by atoms with Gasteiger partial charge >= 0.3 is 0 Å². The van der Waals surface area contributed by atoms with E-state index < -0.39 is 0 Å². The molecule has 19 heavy (non-hydrogen) atoms. The van der Waals surface area contributed by atoms with Crippen molar-refractivity contribution in [2.75, 3.05) is 5.32 Å². The molecule has 0 aromatic carbocycles. The third-order valence-electron chi connectivity index (χ3n) is 3.44. The average molecular weight is 320 g/mol. The molecule has 0 aliphatic heterocycles. The van der Waals surface area contributed by atoms with Crippen LogP contribution in [0.2, 0.25) is 0 Å². The van der Waals surface area contributed by atoms with Gasteiger partial charge in [-0.15, -0.1) is 0 Å². The summed E-state index contributed by atoms with van der Waals surface area (Å²) in [5.74, 6) is 0.447. The Morgan fingerprint density at radius 2 is 2.16 bits per heavy atom. The summed E-state index contributed by atoms with van der Waals surface area (Å²) in [7, 11) is 0. The van der Waals surface area contributed by atoms with Gasteiger partial charge in [0.25, 0.3) is 5.91 Å². The monoisotopic (exact) mass is 319 g/mol. The van der Waals surface area contributed by atoms with Crippen LogP contribution in [0.1, 0.15) is 35.8 Å². The fourth-order valence-corrected chi connectivity index (χ4v) is 2.57. The molecule has 0 unspecified atom stereocenters. The van der Waals surface area contributed by atoms with Crippen LogP contribution in [0.3, 0.4) is 0 Å². The van der Waals surface area contributed by atoms with Gasteiger partial charge in [-0.25, -0.2) is 4.98 Å². The zero-order chi connectivity index (χ0) is 13.2. The molecule has 1 amide bonds. The van der Waals surface area contributed by atoms with E-state index in [0.717, 1.165) is 12.8 Å². The van der Waals surface area contributed by atoms with E-state index >= 15 is 0 Å². The van der Waals surface area contributed by atoms with Crippen molar-refractivity contribution in [1.29, 1.82) is 0 Å². The van der Waals surface area contributed by atoms with Crippen LogP contribution in [0.15, 0.2) is 41.1 Å². The van der Waals surface area contributed by atoms with Crippen molar-refractivity contribution in [3.63, 3.8) is 0 Å². The van der Waals surface area contributed by atoms with Gasteiger partial charge in [0.15, 0.2) is 0 Å². The van der Waals surface area contributed by atoms with Gasteiger partial charge in [-0.1, -0.05) is 6.07 Å². The minimum absolute atomic E-state index is 0.109. The second kappa shape index (κ2) is 5.17. The Balaban J connectivity index is 1.79. The molecule has 5 heteroatoms. The first-order valence-electron chi connectivity index (χ1n) is 6.35. The minimum Gasteiger partial charge on any atom is -0.340 e. The fourth-order valence-electron chi connectivity index (χ4n) is 2.23. The quantitative estimate of drug-likeness (QED) is 0.878. The van der Waals surface area contributed by atoms with Crippen LogP contribution in [0.5, 0.6) is 0 Å². The Kier molecular flexibility index (Phi) is 3.38. The summed E-state index contributed by atoms with van der Waals surface area (Å²) in [5.41, 5.74) is 0.700. The third kappa shape index (κ3) is 2.56. The van der Waals surface area contributed by atoms with E-state index in [4.69, 9.17) is 0 Å². The van der Waals surface area contributed by atoms with Gasteiger partial charge in [0.1, 0.15) is 16.1 Å². The molecule has 2 aromatic heterocycles. The third-order valence-corrected chi connectivity index (χ3v) is 3.88. The number of pyridine rings is 1. The fraction of sp³-hybridized carbons (Fsp3) is 0.286. The second-order valence-corrected chi connectivity index (χ2v) is 5.50. The lowest BCUT2D eigenvalue weighted by Crippen LogP contribution is -2.23. The summed E-state index contributed by atoms with van der Waals surface area (Å²) < 4.78 is 2.77. The van der Waals surface area contributed by atoms with E-state index in [1.165, 1.54) is 6.42 Å². The maximum Gasteiger partial charge on any atom is 0.273 e. The van der Waals surface area contributed by atoms with Crippen molar-refractivity contribution in [1.82, 2.24) is 9.55 Å². The van der Waals surface area contributed by atoms with E-state index in [-0.39, 0.29) is 5.91 Å². The smallest absolute Gasteiger partial charge is 0.273 e. The molecule has 0 atom stereocenters. The highest BCUT2D eigenvalue weighted by atomic mass is 79.9. The number of anilines is 1. The number of amides is 1. The standard InChI is InChI=1S/C14H14BrN3O/c15-12-7-2-8-13(16-12)17-14(19)11-6-3-9-18(11)10-4-1-5-10/h2-3,6-10H,1,4-5H2,(H,16,17,19). The highest BCUT2D eigenvalue weighted by molar-refractivity contribution is 9.10. The number of nitrogens with one attached hydrogen (secondary N) is 1. The van der Waals surface area contributed by atoms with Crippen LogP contribution in [0, 0.1) is 0 Å². The number of nitrogens with zero attached hydrogens (tertiary/aromatic N) is 2. The number of halogens is 1. The molecule has 1 fully saturated rings. The average Bonchev–Trinajstić information content (AvgIpc) is 2.75. The van der Waals surface area contributed by atoms with Crippen molar-refractivity contribution < 1.29 is 4.79 Å². The summed E-state index contributed by atoms with van der Waals surface area (Å²) in [6.45, 7) is 0. The highest BCUT2D eigenvalue weighted by Gasteiger charge is 2.23. The van der Waals surface area contributed by atoms with Gasteiger partial charge in [0, 0.05) is 12.2 Å². The Hall–Kier alpha value is -1.62. The Morgan fingerprint density at radius 3 is 2.84 bits per heavy atom. The largest absolute Gasteiger partial charge is 0.340 e. The van der Waals surface area contributed by atoms with Crippen LogP contribution in [0.25, 0.3) is 0 Å². The number of carbonyl (C=O) groups is 1. The SMILES string of the molecule is O=C(Nc1cccc(Br)n1)c1cccn1C1CCC1. The summed E-state index contributed by atoms with van der Waals surface area (Å²) in [5, 5.41) is 2.83. The lowest BCUT2D eigenvalue weighted by Gasteiger charge is -2.28. The number of rotatable bonds is 3. The Morgan fingerprint density at radius 1 is 1.32 bits per heavy atom. The first-order chi connectivity index (χ1) is 9.24. The Labute approximate surface area is 120 Å². The zero-order valence-corrected chi connectivity index (χ0v) is 11.9. The molecular formula is C14H14BrN3O. The van der Waals surface area contributed by atoms with Crippen molar-refractivity contribution in [3.05, 3.63) is 46.8 Å². The lowest BCUT2D eigenvalue weighted by molar-refractivity contribution is 0.101. The summed E-state index contributed by atoms with van der Waals surface area (Å²) in [6, 6.07) is 9.70. The lowest BCUT2D eigenvalue weighted by atomic mass is 9.93. The van der Waals surface area contributed by atoms with E-state index in [9.17, 15) is 4.79 Å². The Bertz CT molecular complexity index is 604. The summed E-state index contributed by atoms with van der Waals surface area (Å²) in [6.07, 6.45) is 5.54. The van der Waals surface area contributed by atoms with Crippen molar-refractivity contribution in [2.45, 2.75) is 25.3 Å². The molecule has 1 aliphatic rings. The molecule has 0 radical (unpaired) electrons. The minimum atomic E-state index is -0.109. The van der Waals surface area contributed by atoms with Crippen LogP contribution in [-0.2, 0) is 0 Å². The molecule has 2 heterocycles. The number of carbonyl (C=O) groups excluding carboxylic acids is 1. The van der Waals surface area contributed by atoms with Crippen molar-refractivity contribution in [2.24, 2.45) is 0 Å². The number of aromatic nitrogens is 2. The molecule has 0 spiro atoms. The van der Waals surface area contributed by atoms with Crippen LogP contribution in [0.4, 0.5) is 5.82 Å². The van der Waals surface area contributed by atoms with Gasteiger partial charge in [0.05, 0.1) is 0 Å². The van der Waals surface area contributed by atoms with Gasteiger partial charge in [-0.3, -0.25) is 4.79 Å². The number of hydrogen-bond donors (Lipinski definition) is 1. The molecule has 2 aromatic rings. The topological polar surface area (TPSA) is 46.9 Å². The van der Waals surface area contributed by atoms with Gasteiger partial charge in [-0.2, -0.15) is 0 Å². The maximum absolute atomic E-state index is 12.3. The molecule has 3 rings (SSSR count). The van der Waals surface area contributed by atoms with E-state index in [0.29, 0.717) is 22.2 Å². The second-order valence-electron chi connectivity index (χ2n) is 4.69. The van der Waals surface area contributed by atoms with Gasteiger partial charge < -0.3 is 9.88 Å². The molecule has 1 aliphatic carbocycles. The first kappa shape index (κ1) is 12.4. The van der Waals surface area contributed by atoms with Crippen molar-refractivity contribution >= 4 is 27.7 Å². The first-order valence-corrected chi connectivity index (χ1v) is 7.14. The molecule has 1 saturated carbocycles. The molecule has 98 valence electrons. The maximum atomic E-state index is 12.3. The zero-order valence-electron chi connectivity index (χ0n) is 10.3. The van der Waals surface area contributed by atoms with E-state index in [2.05, 4.69) is 30.8 Å². The van der Waals surface area contributed by atoms with E-state index in [1.54, 1.807) is 6.07 Å².